The van der Waals surface area contributed by atoms with Gasteiger partial charge in [-0.3, -0.25) is 4.79 Å². The van der Waals surface area contributed by atoms with Crippen molar-refractivity contribution in [2.45, 2.75) is 19.4 Å². The summed E-state index contributed by atoms with van der Waals surface area (Å²) in [6.45, 7) is 1.37. The summed E-state index contributed by atoms with van der Waals surface area (Å²) >= 11 is 0. The minimum absolute atomic E-state index is 0.0823. The number of carbonyl (C=O) groups is 3. The molecular formula is C17H21N3O6. The monoisotopic (exact) mass is 363 g/mol. The number of carbonyl (C=O) groups excluding carboxylic acids is 3. The molecule has 9 nitrogen and oxygen atoms in total. The Kier molecular flexibility index (Phi) is 8.94. The number of hydrogen-bond acceptors (Lipinski definition) is 7. The third-order valence-corrected chi connectivity index (χ3v) is 3.09. The summed E-state index contributed by atoms with van der Waals surface area (Å²) in [5.41, 5.74) is 1.15. The van der Waals surface area contributed by atoms with Gasteiger partial charge in [0.2, 0.25) is 0 Å². The van der Waals surface area contributed by atoms with Gasteiger partial charge in [-0.2, -0.15) is 0 Å². The Morgan fingerprint density at radius 3 is 2.50 bits per heavy atom. The quantitative estimate of drug-likeness (QED) is 0.212. The lowest BCUT2D eigenvalue weighted by molar-refractivity contribution is -0.143. The summed E-state index contributed by atoms with van der Waals surface area (Å²) in [7, 11) is 1.22. The van der Waals surface area contributed by atoms with Gasteiger partial charge in [0.1, 0.15) is 12.6 Å². The van der Waals surface area contributed by atoms with Crippen molar-refractivity contribution in [2.75, 3.05) is 19.0 Å². The molecule has 0 heterocycles. The van der Waals surface area contributed by atoms with Crippen LogP contribution in [-0.2, 0) is 19.1 Å². The van der Waals surface area contributed by atoms with Crippen LogP contribution in [0.3, 0.4) is 0 Å². The van der Waals surface area contributed by atoms with E-state index >= 15 is 0 Å². The van der Waals surface area contributed by atoms with Crippen molar-refractivity contribution in [2.24, 2.45) is 5.16 Å². The van der Waals surface area contributed by atoms with Crippen LogP contribution in [0.5, 0.6) is 0 Å². The topological polar surface area (TPSA) is 126 Å². The summed E-state index contributed by atoms with van der Waals surface area (Å²) in [4.78, 5) is 34.5. The van der Waals surface area contributed by atoms with E-state index in [0.29, 0.717) is 11.3 Å². The van der Waals surface area contributed by atoms with E-state index in [0.717, 1.165) is 0 Å². The predicted octanol–water partition coefficient (Wildman–Crippen LogP) is 1.67. The molecule has 3 N–H and O–H groups in total. The number of urea groups is 1. The van der Waals surface area contributed by atoms with Gasteiger partial charge in [0.05, 0.1) is 13.3 Å². The molecule has 140 valence electrons. The highest BCUT2D eigenvalue weighted by Crippen LogP contribution is 2.08. The molecule has 0 aromatic heterocycles. The number of nitrogens with zero attached hydrogens (tertiary/aromatic N) is 1. The molecule has 0 radical (unpaired) electrons. The average Bonchev–Trinajstić information content (AvgIpc) is 2.61. The van der Waals surface area contributed by atoms with Crippen LogP contribution in [0.2, 0.25) is 0 Å². The second-order valence-corrected chi connectivity index (χ2v) is 5.05. The number of amides is 2. The number of benzene rings is 1. The molecule has 2 amide bonds. The second kappa shape index (κ2) is 11.2. The van der Waals surface area contributed by atoms with Crippen molar-refractivity contribution in [1.29, 1.82) is 0 Å². The van der Waals surface area contributed by atoms with E-state index in [1.165, 1.54) is 20.2 Å². The van der Waals surface area contributed by atoms with Gasteiger partial charge in [-0.15, -0.1) is 0 Å². The number of anilines is 1. The van der Waals surface area contributed by atoms with Gasteiger partial charge in [0.15, 0.2) is 0 Å². The zero-order chi connectivity index (χ0) is 19.4. The first-order valence-corrected chi connectivity index (χ1v) is 7.67. The van der Waals surface area contributed by atoms with Crippen LogP contribution in [0.15, 0.2) is 41.6 Å². The summed E-state index contributed by atoms with van der Waals surface area (Å²) in [5.74, 6) is -1.01. The van der Waals surface area contributed by atoms with Gasteiger partial charge in [0.25, 0.3) is 0 Å². The van der Waals surface area contributed by atoms with E-state index in [2.05, 4.69) is 20.5 Å². The van der Waals surface area contributed by atoms with Gasteiger partial charge in [-0.1, -0.05) is 29.4 Å². The molecule has 0 bridgehead atoms. The second-order valence-electron chi connectivity index (χ2n) is 5.05. The van der Waals surface area contributed by atoms with Crippen LogP contribution >= 0.6 is 0 Å². The number of nitrogens with one attached hydrogen (secondary N) is 2. The Labute approximate surface area is 150 Å². The standard InChI is InChI=1S/C17H21N3O6/c1-12(21)26-10-4-3-5-15(16(22)25-2)20-17(23)19-14-8-6-13(7-9-14)11-18-24/h3-4,6-9,11,15,24H,5,10H2,1-2H3,(H2,19,20,23). The zero-order valence-electron chi connectivity index (χ0n) is 14.5. The molecule has 1 unspecified atom stereocenters. The fraction of sp³-hybridized carbons (Fsp3) is 0.294. The molecule has 1 atom stereocenters. The molecular weight excluding hydrogens is 342 g/mol. The van der Waals surface area contributed by atoms with Crippen molar-refractivity contribution in [3.05, 3.63) is 42.0 Å². The SMILES string of the molecule is COC(=O)C(CC=CCOC(C)=O)NC(=O)Nc1ccc(C=NO)cc1. The maximum absolute atomic E-state index is 12.0. The maximum Gasteiger partial charge on any atom is 0.328 e. The zero-order valence-corrected chi connectivity index (χ0v) is 14.5. The third kappa shape index (κ3) is 7.95. The van der Waals surface area contributed by atoms with Crippen LogP contribution < -0.4 is 10.6 Å². The fourth-order valence-electron chi connectivity index (χ4n) is 1.87. The molecule has 0 aliphatic rings. The van der Waals surface area contributed by atoms with E-state index in [-0.39, 0.29) is 13.0 Å². The third-order valence-electron chi connectivity index (χ3n) is 3.09. The Balaban J connectivity index is 2.58. The van der Waals surface area contributed by atoms with Crippen molar-refractivity contribution < 1.29 is 29.1 Å². The molecule has 26 heavy (non-hydrogen) atoms. The van der Waals surface area contributed by atoms with Crippen molar-refractivity contribution in [1.82, 2.24) is 5.32 Å². The van der Waals surface area contributed by atoms with Gasteiger partial charge >= 0.3 is 18.0 Å². The maximum atomic E-state index is 12.0. The summed E-state index contributed by atoms with van der Waals surface area (Å²) in [6, 6.07) is 5.04. The Hall–Kier alpha value is -3.36. The summed E-state index contributed by atoms with van der Waals surface area (Å²) < 4.78 is 9.39. The summed E-state index contributed by atoms with van der Waals surface area (Å²) in [5, 5.41) is 16.4. The first kappa shape index (κ1) is 20.7. The normalized spacial score (nSPS) is 11.9. The number of hydrogen-bond donors (Lipinski definition) is 3. The number of oxime groups is 1. The van der Waals surface area contributed by atoms with Gasteiger partial charge in [-0.05, 0) is 24.1 Å². The number of methoxy groups -OCH3 is 1. The van der Waals surface area contributed by atoms with Crippen molar-refractivity contribution in [3.63, 3.8) is 0 Å². The van der Waals surface area contributed by atoms with Crippen molar-refractivity contribution in [3.8, 4) is 0 Å². The molecule has 1 aromatic rings. The Bertz CT molecular complexity index is 670. The van der Waals surface area contributed by atoms with E-state index < -0.39 is 24.0 Å². The molecule has 0 aliphatic heterocycles. The smallest absolute Gasteiger partial charge is 0.328 e. The highest BCUT2D eigenvalue weighted by atomic mass is 16.5. The molecule has 0 saturated carbocycles. The van der Waals surface area contributed by atoms with E-state index in [1.807, 2.05) is 0 Å². The Morgan fingerprint density at radius 2 is 1.92 bits per heavy atom. The number of ether oxygens (including phenoxy) is 2. The molecule has 1 rings (SSSR count). The van der Waals surface area contributed by atoms with Gasteiger partial charge in [0, 0.05) is 12.6 Å². The van der Waals surface area contributed by atoms with E-state index in [4.69, 9.17) is 9.94 Å². The van der Waals surface area contributed by atoms with Crippen molar-refractivity contribution >= 4 is 29.9 Å². The van der Waals surface area contributed by atoms with Crippen LogP contribution in [0.4, 0.5) is 10.5 Å². The van der Waals surface area contributed by atoms with E-state index in [1.54, 1.807) is 36.4 Å². The van der Waals surface area contributed by atoms with Crippen LogP contribution in [0.25, 0.3) is 0 Å². The van der Waals surface area contributed by atoms with Gasteiger partial charge < -0.3 is 25.3 Å². The van der Waals surface area contributed by atoms with Crippen LogP contribution in [0.1, 0.15) is 18.9 Å². The highest BCUT2D eigenvalue weighted by Gasteiger charge is 2.20. The van der Waals surface area contributed by atoms with Gasteiger partial charge in [-0.25, -0.2) is 9.59 Å². The van der Waals surface area contributed by atoms with Crippen LogP contribution in [0, 0.1) is 0 Å². The lowest BCUT2D eigenvalue weighted by atomic mass is 10.2. The average molecular weight is 363 g/mol. The van der Waals surface area contributed by atoms with Crippen LogP contribution in [-0.4, -0.2) is 49.2 Å². The molecule has 9 heteroatoms. The molecule has 1 aromatic carbocycles. The highest BCUT2D eigenvalue weighted by molar-refractivity contribution is 5.93. The fourth-order valence-corrected chi connectivity index (χ4v) is 1.87. The predicted molar refractivity (Wildman–Crippen MR) is 94.2 cm³/mol. The number of esters is 2. The molecule has 0 aliphatic carbocycles. The first-order chi connectivity index (χ1) is 12.5. The summed E-state index contributed by atoms with van der Waals surface area (Å²) in [6.07, 6.45) is 4.60. The van der Waals surface area contributed by atoms with E-state index in [9.17, 15) is 14.4 Å². The molecule has 0 saturated heterocycles. The minimum Gasteiger partial charge on any atom is -0.467 e. The largest absolute Gasteiger partial charge is 0.467 e. The minimum atomic E-state index is -0.894. The molecule has 0 spiro atoms. The lowest BCUT2D eigenvalue weighted by Crippen LogP contribution is -2.43. The number of rotatable bonds is 8. The Morgan fingerprint density at radius 1 is 1.23 bits per heavy atom. The first-order valence-electron chi connectivity index (χ1n) is 7.67. The lowest BCUT2D eigenvalue weighted by Gasteiger charge is -2.15. The molecule has 0 fully saturated rings.